The Kier molecular flexibility index (Phi) is 5.45. The number of para-hydroxylation sites is 1. The van der Waals surface area contributed by atoms with E-state index >= 15 is 0 Å². The highest BCUT2D eigenvalue weighted by molar-refractivity contribution is 5.81. The van der Waals surface area contributed by atoms with Gasteiger partial charge in [0.1, 0.15) is 6.54 Å². The number of carbonyl (C=O) groups is 1. The average molecular weight is 344 g/mol. The van der Waals surface area contributed by atoms with Crippen molar-refractivity contribution in [3.63, 3.8) is 0 Å². The van der Waals surface area contributed by atoms with Gasteiger partial charge in [0, 0.05) is 25.7 Å². The Bertz CT molecular complexity index is 812. The summed E-state index contributed by atoms with van der Waals surface area (Å²) >= 11 is 0. The number of ether oxygens (including phenoxy) is 1. The van der Waals surface area contributed by atoms with Crippen LogP contribution in [-0.2, 0) is 16.1 Å². The number of fused-ring (bicyclic) bond motifs is 1. The third-order valence-corrected chi connectivity index (χ3v) is 4.41. The minimum Gasteiger partial charge on any atom is -0.379 e. The smallest absolute Gasteiger partial charge is 0.261 e. The van der Waals surface area contributed by atoms with E-state index in [9.17, 15) is 9.59 Å². The molecule has 1 saturated heterocycles. The molecule has 7 nitrogen and oxygen atoms in total. The van der Waals surface area contributed by atoms with Crippen LogP contribution < -0.4 is 10.9 Å². The molecule has 25 heavy (non-hydrogen) atoms. The van der Waals surface area contributed by atoms with Gasteiger partial charge >= 0.3 is 0 Å². The zero-order valence-electron chi connectivity index (χ0n) is 14.7. The van der Waals surface area contributed by atoms with Crippen molar-refractivity contribution in [2.24, 2.45) is 0 Å². The molecule has 0 radical (unpaired) electrons. The van der Waals surface area contributed by atoms with E-state index < -0.39 is 0 Å². The highest BCUT2D eigenvalue weighted by atomic mass is 16.5. The molecule has 1 N–H and O–H groups in total. The molecule has 7 heteroatoms. The number of morpholine rings is 1. The normalized spacial score (nSPS) is 16.7. The van der Waals surface area contributed by atoms with Gasteiger partial charge in [-0.1, -0.05) is 12.1 Å². The van der Waals surface area contributed by atoms with Crippen LogP contribution in [0.3, 0.4) is 0 Å². The molecular weight excluding hydrogens is 320 g/mol. The van der Waals surface area contributed by atoms with Crippen LogP contribution >= 0.6 is 0 Å². The summed E-state index contributed by atoms with van der Waals surface area (Å²) in [5, 5.41) is 3.49. The molecule has 0 bridgehead atoms. The van der Waals surface area contributed by atoms with E-state index in [0.717, 1.165) is 38.4 Å². The molecule has 0 spiro atoms. The Morgan fingerprint density at radius 1 is 1.36 bits per heavy atom. The molecule has 1 aromatic heterocycles. The predicted molar refractivity (Wildman–Crippen MR) is 95.6 cm³/mol. The maximum absolute atomic E-state index is 12.5. The van der Waals surface area contributed by atoms with Gasteiger partial charge in [-0.05, 0) is 25.5 Å². The molecule has 1 atom stereocenters. The van der Waals surface area contributed by atoms with Crippen molar-refractivity contribution in [2.45, 2.75) is 26.4 Å². The van der Waals surface area contributed by atoms with Gasteiger partial charge in [-0.15, -0.1) is 0 Å². The quantitative estimate of drug-likeness (QED) is 0.857. The third kappa shape index (κ3) is 4.24. The van der Waals surface area contributed by atoms with Crippen molar-refractivity contribution in [1.29, 1.82) is 0 Å². The van der Waals surface area contributed by atoms with Crippen LogP contribution in [0.25, 0.3) is 10.9 Å². The van der Waals surface area contributed by atoms with Crippen molar-refractivity contribution < 1.29 is 9.53 Å². The standard InChI is InChI=1S/C18H24N4O3/c1-13-4-3-5-15-17(13)19-12-22(18(15)24)11-16(23)20-14(2)10-21-6-8-25-9-7-21/h3-5,12,14H,6-11H2,1-2H3,(H,20,23)/t14-/m1/s1. The number of hydrogen-bond acceptors (Lipinski definition) is 5. The lowest BCUT2D eigenvalue weighted by Crippen LogP contribution is -2.47. The number of nitrogens with zero attached hydrogens (tertiary/aromatic N) is 3. The molecule has 1 aromatic carbocycles. The highest BCUT2D eigenvalue weighted by Gasteiger charge is 2.16. The molecule has 1 aliphatic heterocycles. The second-order valence-electron chi connectivity index (χ2n) is 6.53. The second-order valence-corrected chi connectivity index (χ2v) is 6.53. The van der Waals surface area contributed by atoms with Crippen LogP contribution in [0.4, 0.5) is 0 Å². The zero-order chi connectivity index (χ0) is 17.8. The van der Waals surface area contributed by atoms with Crippen molar-refractivity contribution in [2.75, 3.05) is 32.8 Å². The molecule has 1 amide bonds. The fraction of sp³-hybridized carbons (Fsp3) is 0.500. The summed E-state index contributed by atoms with van der Waals surface area (Å²) in [5.41, 5.74) is 1.44. The summed E-state index contributed by atoms with van der Waals surface area (Å²) in [6.07, 6.45) is 1.45. The zero-order valence-corrected chi connectivity index (χ0v) is 14.7. The fourth-order valence-corrected chi connectivity index (χ4v) is 3.14. The second kappa shape index (κ2) is 7.76. The highest BCUT2D eigenvalue weighted by Crippen LogP contribution is 2.11. The summed E-state index contributed by atoms with van der Waals surface area (Å²) in [7, 11) is 0. The maximum atomic E-state index is 12.5. The number of hydrogen-bond donors (Lipinski definition) is 1. The lowest BCUT2D eigenvalue weighted by Gasteiger charge is -2.29. The lowest BCUT2D eigenvalue weighted by atomic mass is 10.1. The third-order valence-electron chi connectivity index (χ3n) is 4.41. The van der Waals surface area contributed by atoms with E-state index in [2.05, 4.69) is 15.2 Å². The van der Waals surface area contributed by atoms with E-state index in [-0.39, 0.29) is 24.1 Å². The first-order valence-corrected chi connectivity index (χ1v) is 8.59. The number of aromatic nitrogens is 2. The molecule has 1 fully saturated rings. The molecule has 2 aromatic rings. The van der Waals surface area contributed by atoms with E-state index in [1.165, 1.54) is 10.9 Å². The van der Waals surface area contributed by atoms with Gasteiger partial charge in [0.2, 0.25) is 5.91 Å². The number of carbonyl (C=O) groups excluding carboxylic acids is 1. The molecule has 0 saturated carbocycles. The fourth-order valence-electron chi connectivity index (χ4n) is 3.14. The predicted octanol–water partition coefficient (Wildman–Crippen LogP) is 0.542. The summed E-state index contributed by atoms with van der Waals surface area (Å²) in [5.74, 6) is -0.184. The van der Waals surface area contributed by atoms with E-state index in [1.54, 1.807) is 6.07 Å². The van der Waals surface area contributed by atoms with Gasteiger partial charge in [0.05, 0.1) is 30.4 Å². The minimum absolute atomic E-state index is 0.0111. The van der Waals surface area contributed by atoms with Gasteiger partial charge in [0.25, 0.3) is 5.56 Å². The Hall–Kier alpha value is -2.25. The van der Waals surface area contributed by atoms with Gasteiger partial charge in [-0.2, -0.15) is 0 Å². The van der Waals surface area contributed by atoms with Crippen LogP contribution in [0.15, 0.2) is 29.3 Å². The molecule has 1 aliphatic rings. The SMILES string of the molecule is Cc1cccc2c(=O)n(CC(=O)N[C@H](C)CN3CCOCC3)cnc12. The maximum Gasteiger partial charge on any atom is 0.261 e. The Morgan fingerprint density at radius 2 is 2.12 bits per heavy atom. The van der Waals surface area contributed by atoms with Crippen LogP contribution in [0.1, 0.15) is 12.5 Å². The van der Waals surface area contributed by atoms with Crippen LogP contribution in [-0.4, -0.2) is 59.2 Å². The van der Waals surface area contributed by atoms with Gasteiger partial charge in [-0.3, -0.25) is 19.1 Å². The molecule has 3 rings (SSSR count). The number of nitrogens with one attached hydrogen (secondary N) is 1. The molecule has 0 unspecified atom stereocenters. The van der Waals surface area contributed by atoms with E-state index in [1.807, 2.05) is 26.0 Å². The number of aryl methyl sites for hydroxylation is 1. The number of benzene rings is 1. The van der Waals surface area contributed by atoms with Crippen LogP contribution in [0, 0.1) is 6.92 Å². The average Bonchev–Trinajstić information content (AvgIpc) is 2.58. The van der Waals surface area contributed by atoms with Crippen molar-refractivity contribution in [3.8, 4) is 0 Å². The Morgan fingerprint density at radius 3 is 2.88 bits per heavy atom. The van der Waals surface area contributed by atoms with Crippen molar-refractivity contribution in [1.82, 2.24) is 19.8 Å². The van der Waals surface area contributed by atoms with Gasteiger partial charge in [0.15, 0.2) is 0 Å². The number of rotatable bonds is 5. The largest absolute Gasteiger partial charge is 0.379 e. The van der Waals surface area contributed by atoms with Gasteiger partial charge < -0.3 is 10.1 Å². The first-order valence-electron chi connectivity index (χ1n) is 8.59. The minimum atomic E-state index is -0.190. The lowest BCUT2D eigenvalue weighted by molar-refractivity contribution is -0.122. The molecule has 2 heterocycles. The molecular formula is C18H24N4O3. The first-order chi connectivity index (χ1) is 12.0. The monoisotopic (exact) mass is 344 g/mol. The van der Waals surface area contributed by atoms with Crippen molar-refractivity contribution in [3.05, 3.63) is 40.4 Å². The van der Waals surface area contributed by atoms with Crippen LogP contribution in [0.5, 0.6) is 0 Å². The summed E-state index contributed by atoms with van der Waals surface area (Å²) < 4.78 is 6.68. The molecule has 0 aliphatic carbocycles. The number of amides is 1. The van der Waals surface area contributed by atoms with Gasteiger partial charge in [-0.25, -0.2) is 4.98 Å². The Balaban J connectivity index is 1.63. The summed E-state index contributed by atoms with van der Waals surface area (Å²) in [6, 6.07) is 5.50. The summed E-state index contributed by atoms with van der Waals surface area (Å²) in [6.45, 7) is 7.87. The topological polar surface area (TPSA) is 76.5 Å². The van der Waals surface area contributed by atoms with E-state index in [4.69, 9.17) is 4.74 Å². The van der Waals surface area contributed by atoms with Crippen molar-refractivity contribution >= 4 is 16.8 Å². The van der Waals surface area contributed by atoms with E-state index in [0.29, 0.717) is 10.9 Å². The Labute approximate surface area is 146 Å². The molecule has 134 valence electrons. The summed E-state index contributed by atoms with van der Waals surface area (Å²) in [4.78, 5) is 31.4. The van der Waals surface area contributed by atoms with Crippen LogP contribution in [0.2, 0.25) is 0 Å². The first kappa shape index (κ1) is 17.6.